The van der Waals surface area contributed by atoms with Crippen molar-refractivity contribution in [1.29, 1.82) is 0 Å². The van der Waals surface area contributed by atoms with Crippen molar-refractivity contribution >= 4 is 46.8 Å². The molecule has 0 unspecified atom stereocenters. The summed E-state index contributed by atoms with van der Waals surface area (Å²) in [7, 11) is 4.94. The Kier molecular flexibility index (Phi) is 12.6. The number of anilines is 1. The number of benzene rings is 2. The van der Waals surface area contributed by atoms with E-state index < -0.39 is 11.7 Å². The van der Waals surface area contributed by atoms with E-state index in [0.717, 1.165) is 37.2 Å². The van der Waals surface area contributed by atoms with Gasteiger partial charge in [-0.25, -0.2) is 9.37 Å². The van der Waals surface area contributed by atoms with Crippen LogP contribution in [0.5, 0.6) is 0 Å². The zero-order chi connectivity index (χ0) is 36.7. The van der Waals surface area contributed by atoms with Crippen LogP contribution in [0, 0.1) is 18.7 Å². The van der Waals surface area contributed by atoms with Gasteiger partial charge in [0.25, 0.3) is 11.8 Å². The van der Waals surface area contributed by atoms with Crippen LogP contribution in [0.25, 0.3) is 16.8 Å². The highest BCUT2D eigenvalue weighted by atomic mass is 35.5. The Morgan fingerprint density at radius 1 is 1.10 bits per heavy atom. The highest BCUT2D eigenvalue weighted by Gasteiger charge is 2.30. The fourth-order valence-electron chi connectivity index (χ4n) is 6.56. The van der Waals surface area contributed by atoms with Crippen molar-refractivity contribution in [1.82, 2.24) is 30.0 Å². The van der Waals surface area contributed by atoms with Crippen LogP contribution in [0.2, 0.25) is 5.02 Å². The molecule has 0 spiro atoms. The quantitative estimate of drug-likeness (QED) is 0.198. The van der Waals surface area contributed by atoms with Crippen molar-refractivity contribution in [3.63, 3.8) is 0 Å². The molecule has 2 aromatic carbocycles. The molecule has 1 aromatic heterocycles. The largest absolute Gasteiger partial charge is 0.386 e. The molecule has 0 aliphatic carbocycles. The topological polar surface area (TPSA) is 133 Å². The number of methoxy groups -OCH3 is 1. The molecular formula is C37H46ClFN8O4. The summed E-state index contributed by atoms with van der Waals surface area (Å²) < 4.78 is 22.6. The Labute approximate surface area is 303 Å². The summed E-state index contributed by atoms with van der Waals surface area (Å²) in [6.07, 6.45) is 4.83. The van der Waals surface area contributed by atoms with Gasteiger partial charge in [0.15, 0.2) is 5.82 Å². The number of rotatable bonds is 11. The summed E-state index contributed by atoms with van der Waals surface area (Å²) in [5.74, 6) is -0.912. The minimum Gasteiger partial charge on any atom is -0.386 e. The minimum atomic E-state index is -0.524. The van der Waals surface area contributed by atoms with E-state index in [1.165, 1.54) is 16.8 Å². The first-order valence-electron chi connectivity index (χ1n) is 17.1. The molecule has 2 aliphatic rings. The molecule has 3 aromatic rings. The average molecular weight is 721 g/mol. The van der Waals surface area contributed by atoms with Gasteiger partial charge in [0.05, 0.1) is 29.1 Å². The van der Waals surface area contributed by atoms with Gasteiger partial charge in [-0.2, -0.15) is 0 Å². The van der Waals surface area contributed by atoms with Crippen LogP contribution < -0.4 is 16.0 Å². The van der Waals surface area contributed by atoms with E-state index in [4.69, 9.17) is 16.3 Å². The molecule has 2 aliphatic heterocycles. The van der Waals surface area contributed by atoms with Crippen molar-refractivity contribution in [2.75, 3.05) is 71.9 Å². The average Bonchev–Trinajstić information content (AvgIpc) is 3.52. The smallest absolute Gasteiger partial charge is 0.291 e. The van der Waals surface area contributed by atoms with E-state index in [1.54, 1.807) is 57.4 Å². The number of ether oxygens (including phenoxy) is 1. The highest BCUT2D eigenvalue weighted by molar-refractivity contribution is 6.34. The van der Waals surface area contributed by atoms with E-state index in [0.29, 0.717) is 73.0 Å². The normalized spacial score (nSPS) is 16.0. The second-order valence-electron chi connectivity index (χ2n) is 12.8. The first-order chi connectivity index (χ1) is 24.5. The Bertz CT molecular complexity index is 1830. The predicted molar refractivity (Wildman–Crippen MR) is 198 cm³/mol. The molecule has 12 nitrogen and oxygen atoms in total. The standard InChI is InChI=1S/C37H46ClFN8O4/c1-23-27(30(21-40-3)24(2)42-14-19-51-5)8-9-29(33(23)39)32-22-43-34(45(32)4)35(48)44-26-6-7-28(31(38)20-26)37(50)47-17-15-46(16-18-47)36(49)25-10-12-41-13-11-25/h6-9,20-22,25,41-42H,10-19H2,1-5H3,(H,44,48)/b30-24+,40-21-. The predicted octanol–water partition coefficient (Wildman–Crippen LogP) is 4.39. The van der Waals surface area contributed by atoms with E-state index >= 15 is 4.39 Å². The maximum Gasteiger partial charge on any atom is 0.291 e. The molecule has 3 amide bonds. The van der Waals surface area contributed by atoms with E-state index in [2.05, 4.69) is 25.9 Å². The number of piperidine rings is 1. The number of nitrogens with zero attached hydrogens (tertiary/aromatic N) is 5. The van der Waals surface area contributed by atoms with Crippen LogP contribution in [0.15, 0.2) is 47.2 Å². The van der Waals surface area contributed by atoms with Gasteiger partial charge in [0.2, 0.25) is 5.91 Å². The number of nitrogens with one attached hydrogen (secondary N) is 3. The molecular weight excluding hydrogens is 675 g/mol. The zero-order valence-corrected chi connectivity index (χ0v) is 30.6. The molecule has 51 heavy (non-hydrogen) atoms. The summed E-state index contributed by atoms with van der Waals surface area (Å²) in [6.45, 7) is 8.25. The summed E-state index contributed by atoms with van der Waals surface area (Å²) in [6, 6.07) is 8.21. The first kappa shape index (κ1) is 37.7. The van der Waals surface area contributed by atoms with E-state index in [-0.39, 0.29) is 28.6 Å². The van der Waals surface area contributed by atoms with Gasteiger partial charge in [-0.15, -0.1) is 0 Å². The second kappa shape index (κ2) is 17.1. The third kappa shape index (κ3) is 8.49. The van der Waals surface area contributed by atoms with Crippen LogP contribution in [0.1, 0.15) is 51.9 Å². The number of allylic oxidation sites excluding steroid dienone is 2. The van der Waals surface area contributed by atoms with Gasteiger partial charge in [0, 0.05) is 88.6 Å². The monoisotopic (exact) mass is 720 g/mol. The highest BCUT2D eigenvalue weighted by Crippen LogP contribution is 2.31. The SMILES string of the molecule is C/N=C\C(=C(\C)NCCOC)c1ccc(-c2cnc(C(=O)Nc3ccc(C(=O)N4CCN(C(=O)C5CCNCC5)CC4)c(Cl)c3)n2C)c(F)c1C. The van der Waals surface area contributed by atoms with Crippen LogP contribution in [-0.4, -0.2) is 110 Å². The lowest BCUT2D eigenvalue weighted by Crippen LogP contribution is -2.52. The van der Waals surface area contributed by atoms with Gasteiger partial charge in [-0.1, -0.05) is 17.7 Å². The van der Waals surface area contributed by atoms with Crippen molar-refractivity contribution in [3.8, 4) is 11.3 Å². The molecule has 3 N–H and O–H groups in total. The lowest BCUT2D eigenvalue weighted by Gasteiger charge is -2.37. The molecule has 0 radical (unpaired) electrons. The number of hydrogen-bond donors (Lipinski definition) is 3. The number of hydrogen-bond acceptors (Lipinski definition) is 8. The van der Waals surface area contributed by atoms with Gasteiger partial charge >= 0.3 is 0 Å². The van der Waals surface area contributed by atoms with Crippen molar-refractivity contribution in [2.45, 2.75) is 26.7 Å². The van der Waals surface area contributed by atoms with E-state index in [1.807, 2.05) is 17.9 Å². The molecule has 14 heteroatoms. The van der Waals surface area contributed by atoms with Crippen molar-refractivity contribution in [3.05, 3.63) is 75.6 Å². The van der Waals surface area contributed by atoms with Gasteiger partial charge < -0.3 is 35.1 Å². The van der Waals surface area contributed by atoms with Crippen molar-refractivity contribution < 1.29 is 23.5 Å². The van der Waals surface area contributed by atoms with E-state index in [9.17, 15) is 14.4 Å². The molecule has 0 atom stereocenters. The van der Waals surface area contributed by atoms with Crippen LogP contribution in [0.4, 0.5) is 10.1 Å². The number of imidazole rings is 1. The summed E-state index contributed by atoms with van der Waals surface area (Å²) in [5, 5.41) is 9.55. The molecule has 2 saturated heterocycles. The molecule has 2 fully saturated rings. The number of amides is 3. The first-order valence-corrected chi connectivity index (χ1v) is 17.5. The maximum atomic E-state index is 16.0. The molecule has 272 valence electrons. The second-order valence-corrected chi connectivity index (χ2v) is 13.2. The Morgan fingerprint density at radius 2 is 1.78 bits per heavy atom. The molecule has 0 bridgehead atoms. The molecule has 5 rings (SSSR count). The van der Waals surface area contributed by atoms with Gasteiger partial charge in [-0.05, 0) is 75.2 Å². The summed E-state index contributed by atoms with van der Waals surface area (Å²) in [5.41, 5.74) is 4.12. The third-order valence-electron chi connectivity index (χ3n) is 9.53. The number of aliphatic imine (C=N–C) groups is 1. The van der Waals surface area contributed by atoms with Gasteiger partial charge in [-0.3, -0.25) is 19.4 Å². The lowest BCUT2D eigenvalue weighted by molar-refractivity contribution is -0.137. The Hall–Kier alpha value is -4.59. The molecule has 0 saturated carbocycles. The Balaban J connectivity index is 1.25. The number of carbonyl (C=O) groups excluding carboxylic acids is 3. The number of piperazine rings is 1. The zero-order valence-electron chi connectivity index (χ0n) is 29.8. The van der Waals surface area contributed by atoms with Crippen LogP contribution >= 0.6 is 11.6 Å². The van der Waals surface area contributed by atoms with Crippen LogP contribution in [0.3, 0.4) is 0 Å². The van der Waals surface area contributed by atoms with Crippen molar-refractivity contribution in [2.24, 2.45) is 18.0 Å². The number of halogens is 2. The minimum absolute atomic E-state index is 0.0427. The fraction of sp³-hybridized carbons (Fsp3) is 0.432. The number of carbonyl (C=O) groups is 3. The fourth-order valence-corrected chi connectivity index (χ4v) is 6.82. The lowest BCUT2D eigenvalue weighted by atomic mass is 9.96. The summed E-state index contributed by atoms with van der Waals surface area (Å²) in [4.78, 5) is 51.6. The maximum absolute atomic E-state index is 16.0. The van der Waals surface area contributed by atoms with Gasteiger partial charge in [0.1, 0.15) is 5.82 Å². The van der Waals surface area contributed by atoms with Crippen LogP contribution in [-0.2, 0) is 16.6 Å². The molecule has 3 heterocycles. The Morgan fingerprint density at radius 3 is 2.45 bits per heavy atom. The number of aromatic nitrogens is 2. The third-order valence-corrected chi connectivity index (χ3v) is 9.84. The summed E-state index contributed by atoms with van der Waals surface area (Å²) >= 11 is 6.55.